The Morgan fingerprint density at radius 1 is 1.29 bits per heavy atom. The first-order valence-corrected chi connectivity index (χ1v) is 6.00. The molecule has 2 N–H and O–H groups in total. The molecule has 0 aliphatic rings. The van der Waals surface area contributed by atoms with Crippen molar-refractivity contribution in [2.24, 2.45) is 5.73 Å². The largest absolute Gasteiger partial charge is 0.490 e. The van der Waals surface area contributed by atoms with Crippen LogP contribution in [0.3, 0.4) is 0 Å². The van der Waals surface area contributed by atoms with Gasteiger partial charge in [0.2, 0.25) is 0 Å². The molecule has 0 atom stereocenters. The Bertz CT molecular complexity index is 352. The molecule has 0 radical (unpaired) electrons. The second kappa shape index (κ2) is 7.85. The highest BCUT2D eigenvalue weighted by Gasteiger charge is 2.07. The van der Waals surface area contributed by atoms with Crippen molar-refractivity contribution in [1.82, 2.24) is 0 Å². The van der Waals surface area contributed by atoms with E-state index in [1.54, 1.807) is 12.1 Å². The number of halogens is 1. The molecule has 0 aromatic heterocycles. The smallest absolute Gasteiger partial charge is 0.165 e. The van der Waals surface area contributed by atoms with Gasteiger partial charge in [-0.25, -0.2) is 4.39 Å². The van der Waals surface area contributed by atoms with Crippen LogP contribution in [-0.2, 0) is 6.54 Å². The minimum Gasteiger partial charge on any atom is -0.490 e. The average molecular weight is 237 g/mol. The quantitative estimate of drug-likeness (QED) is 0.555. The lowest BCUT2D eigenvalue weighted by molar-refractivity contribution is 0.288. The monoisotopic (exact) mass is 237 g/mol. The fourth-order valence-corrected chi connectivity index (χ4v) is 1.62. The molecular formula is C14H20FNO. The number of benzene rings is 1. The molecule has 3 heteroatoms. The summed E-state index contributed by atoms with van der Waals surface area (Å²) in [5.41, 5.74) is 6.25. The molecule has 0 saturated heterocycles. The third kappa shape index (κ3) is 4.57. The zero-order valence-corrected chi connectivity index (χ0v) is 10.1. The lowest BCUT2D eigenvalue weighted by atomic mass is 10.2. The normalized spacial score (nSPS) is 10.2. The standard InChI is InChI=1S/C14H20FNO/c1-2-3-4-5-6-10-17-14-12(11-16)8-7-9-13(14)15/h2,7-9H,1,3-6,10-11,16H2. The summed E-state index contributed by atoms with van der Waals surface area (Å²) in [4.78, 5) is 0. The fourth-order valence-electron chi connectivity index (χ4n) is 1.62. The van der Waals surface area contributed by atoms with Crippen LogP contribution in [0.25, 0.3) is 0 Å². The van der Waals surface area contributed by atoms with E-state index in [0.29, 0.717) is 18.9 Å². The first-order chi connectivity index (χ1) is 8.29. The molecule has 2 nitrogen and oxygen atoms in total. The van der Waals surface area contributed by atoms with Gasteiger partial charge in [0.05, 0.1) is 6.61 Å². The van der Waals surface area contributed by atoms with Crippen LogP contribution >= 0.6 is 0 Å². The lowest BCUT2D eigenvalue weighted by Gasteiger charge is -2.10. The molecule has 94 valence electrons. The third-order valence-corrected chi connectivity index (χ3v) is 2.57. The minimum absolute atomic E-state index is 0.295. The van der Waals surface area contributed by atoms with Crippen LogP contribution in [0.4, 0.5) is 4.39 Å². The minimum atomic E-state index is -0.334. The van der Waals surface area contributed by atoms with Gasteiger partial charge >= 0.3 is 0 Å². The molecule has 1 aromatic rings. The van der Waals surface area contributed by atoms with Crippen molar-refractivity contribution in [2.75, 3.05) is 6.61 Å². The molecule has 0 bridgehead atoms. The second-order valence-electron chi connectivity index (χ2n) is 3.92. The number of rotatable bonds is 8. The van der Waals surface area contributed by atoms with Gasteiger partial charge in [-0.2, -0.15) is 0 Å². The summed E-state index contributed by atoms with van der Waals surface area (Å²) in [6.07, 6.45) is 6.02. The van der Waals surface area contributed by atoms with E-state index in [-0.39, 0.29) is 5.82 Å². The zero-order valence-electron chi connectivity index (χ0n) is 10.1. The van der Waals surface area contributed by atoms with Crippen LogP contribution in [0.5, 0.6) is 5.75 Å². The van der Waals surface area contributed by atoms with Crippen molar-refractivity contribution in [1.29, 1.82) is 0 Å². The Hall–Kier alpha value is -1.35. The Morgan fingerprint density at radius 3 is 2.82 bits per heavy atom. The molecule has 0 aliphatic carbocycles. The maximum absolute atomic E-state index is 13.5. The summed E-state index contributed by atoms with van der Waals surface area (Å²) in [5.74, 6) is -0.0298. The molecule has 1 aromatic carbocycles. The summed E-state index contributed by atoms with van der Waals surface area (Å²) >= 11 is 0. The predicted octanol–water partition coefficient (Wildman–Crippen LogP) is 3.41. The van der Waals surface area contributed by atoms with Gasteiger partial charge in [0, 0.05) is 12.1 Å². The van der Waals surface area contributed by atoms with Gasteiger partial charge in [0.25, 0.3) is 0 Å². The van der Waals surface area contributed by atoms with Gasteiger partial charge in [-0.1, -0.05) is 18.2 Å². The maximum atomic E-state index is 13.5. The summed E-state index contributed by atoms with van der Waals surface area (Å²) in [6, 6.07) is 4.83. The lowest BCUT2D eigenvalue weighted by Crippen LogP contribution is -2.05. The molecule has 0 fully saturated rings. The number of hydrogen-bond donors (Lipinski definition) is 1. The average Bonchev–Trinajstić information content (AvgIpc) is 2.35. The van der Waals surface area contributed by atoms with Gasteiger partial charge < -0.3 is 10.5 Å². The number of ether oxygens (including phenoxy) is 1. The number of nitrogens with two attached hydrogens (primary N) is 1. The number of para-hydroxylation sites is 1. The fraction of sp³-hybridized carbons (Fsp3) is 0.429. The van der Waals surface area contributed by atoms with E-state index < -0.39 is 0 Å². The van der Waals surface area contributed by atoms with Gasteiger partial charge in [-0.05, 0) is 31.7 Å². The second-order valence-corrected chi connectivity index (χ2v) is 3.92. The predicted molar refractivity (Wildman–Crippen MR) is 68.5 cm³/mol. The van der Waals surface area contributed by atoms with Crippen molar-refractivity contribution in [3.05, 3.63) is 42.2 Å². The summed E-state index contributed by atoms with van der Waals surface area (Å²) in [5, 5.41) is 0. The van der Waals surface area contributed by atoms with Crippen molar-refractivity contribution >= 4 is 0 Å². The molecule has 0 saturated carbocycles. The van der Waals surface area contributed by atoms with E-state index in [1.807, 2.05) is 6.08 Å². The van der Waals surface area contributed by atoms with E-state index in [2.05, 4.69) is 6.58 Å². The van der Waals surface area contributed by atoms with Crippen molar-refractivity contribution in [3.63, 3.8) is 0 Å². The van der Waals surface area contributed by atoms with E-state index >= 15 is 0 Å². The molecule has 0 heterocycles. The topological polar surface area (TPSA) is 35.2 Å². The highest BCUT2D eigenvalue weighted by Crippen LogP contribution is 2.22. The van der Waals surface area contributed by atoms with Crippen LogP contribution in [0, 0.1) is 5.82 Å². The Labute approximate surface area is 102 Å². The maximum Gasteiger partial charge on any atom is 0.165 e. The summed E-state index contributed by atoms with van der Waals surface area (Å²) < 4.78 is 18.9. The Balaban J connectivity index is 2.38. The van der Waals surface area contributed by atoms with Crippen LogP contribution in [0.15, 0.2) is 30.9 Å². The van der Waals surface area contributed by atoms with Crippen molar-refractivity contribution < 1.29 is 9.13 Å². The number of hydrogen-bond acceptors (Lipinski definition) is 2. The van der Waals surface area contributed by atoms with Gasteiger partial charge in [-0.3, -0.25) is 0 Å². The summed E-state index contributed by atoms with van der Waals surface area (Å²) in [6.45, 7) is 4.49. The summed E-state index contributed by atoms with van der Waals surface area (Å²) in [7, 11) is 0. The van der Waals surface area contributed by atoms with Crippen LogP contribution in [-0.4, -0.2) is 6.61 Å². The molecule has 0 spiro atoms. The molecule has 1 rings (SSSR count). The SMILES string of the molecule is C=CCCCCCOc1c(F)cccc1CN. The van der Waals surface area contributed by atoms with E-state index in [4.69, 9.17) is 10.5 Å². The number of unbranched alkanes of at least 4 members (excludes halogenated alkanes) is 3. The van der Waals surface area contributed by atoms with E-state index in [9.17, 15) is 4.39 Å². The van der Waals surface area contributed by atoms with Crippen molar-refractivity contribution in [2.45, 2.75) is 32.2 Å². The van der Waals surface area contributed by atoms with Crippen molar-refractivity contribution in [3.8, 4) is 5.75 Å². The van der Waals surface area contributed by atoms with Gasteiger partial charge in [0.15, 0.2) is 11.6 Å². The van der Waals surface area contributed by atoms with E-state index in [0.717, 1.165) is 31.2 Å². The molecule has 0 unspecified atom stereocenters. The van der Waals surface area contributed by atoms with Crippen LogP contribution < -0.4 is 10.5 Å². The first kappa shape index (κ1) is 13.7. The molecule has 0 aliphatic heterocycles. The molecule has 17 heavy (non-hydrogen) atoms. The highest BCUT2D eigenvalue weighted by molar-refractivity contribution is 5.34. The highest BCUT2D eigenvalue weighted by atomic mass is 19.1. The van der Waals surface area contributed by atoms with Crippen LogP contribution in [0.1, 0.15) is 31.2 Å². The first-order valence-electron chi connectivity index (χ1n) is 6.00. The zero-order chi connectivity index (χ0) is 12.5. The van der Waals surface area contributed by atoms with E-state index in [1.165, 1.54) is 6.07 Å². The number of allylic oxidation sites excluding steroid dienone is 1. The van der Waals surface area contributed by atoms with Crippen LogP contribution in [0.2, 0.25) is 0 Å². The molecular weight excluding hydrogens is 217 g/mol. The third-order valence-electron chi connectivity index (χ3n) is 2.57. The Morgan fingerprint density at radius 2 is 2.12 bits per heavy atom. The molecule has 0 amide bonds. The van der Waals surface area contributed by atoms with Gasteiger partial charge in [-0.15, -0.1) is 6.58 Å². The van der Waals surface area contributed by atoms with Gasteiger partial charge in [0.1, 0.15) is 0 Å². The Kier molecular flexibility index (Phi) is 6.33.